The molecule has 9 nitrogen and oxygen atoms in total. The molecule has 240 valence electrons. The lowest BCUT2D eigenvalue weighted by Gasteiger charge is -2.33. The molecule has 45 heavy (non-hydrogen) atoms. The van der Waals surface area contributed by atoms with Crippen LogP contribution in [0.5, 0.6) is 5.75 Å². The number of nitrogens with two attached hydrogens (primary N) is 1. The Morgan fingerprint density at radius 3 is 2.33 bits per heavy atom. The lowest BCUT2D eigenvalue weighted by atomic mass is 9.81. The van der Waals surface area contributed by atoms with Crippen molar-refractivity contribution in [2.24, 2.45) is 11.7 Å². The number of nitrogens with zero attached hydrogens (tertiary/aromatic N) is 1. The highest BCUT2D eigenvalue weighted by atomic mass is 16.5. The van der Waals surface area contributed by atoms with E-state index in [0.29, 0.717) is 37.4 Å². The average molecular weight is 615 g/mol. The molecule has 0 bridgehead atoms. The van der Waals surface area contributed by atoms with Crippen molar-refractivity contribution in [2.75, 3.05) is 24.6 Å². The number of anilines is 1. The van der Waals surface area contributed by atoms with Crippen LogP contribution < -0.4 is 26.0 Å². The number of amides is 3. The van der Waals surface area contributed by atoms with Crippen molar-refractivity contribution in [3.8, 4) is 5.75 Å². The lowest BCUT2D eigenvalue weighted by molar-refractivity contribution is -0.137. The number of hydrogen-bond acceptors (Lipinski definition) is 6. The molecule has 1 aliphatic heterocycles. The summed E-state index contributed by atoms with van der Waals surface area (Å²) >= 11 is 0. The Hall–Kier alpha value is -4.21. The number of Topliss-reactive ketones (excluding diaryl/α,β-unsaturated/α-hetero) is 1. The number of rotatable bonds is 15. The van der Waals surface area contributed by atoms with E-state index < -0.39 is 23.5 Å². The summed E-state index contributed by atoms with van der Waals surface area (Å²) in [6.45, 7) is 7.49. The Kier molecular flexibility index (Phi) is 11.4. The highest BCUT2D eigenvalue weighted by Gasteiger charge is 2.39. The Bertz CT molecular complexity index is 1460. The maximum Gasteiger partial charge on any atom is 0.322 e. The van der Waals surface area contributed by atoms with Crippen LogP contribution >= 0.6 is 0 Å². The largest absolute Gasteiger partial charge is 0.483 e. The second-order valence-corrected chi connectivity index (χ2v) is 12.4. The van der Waals surface area contributed by atoms with Crippen molar-refractivity contribution in [3.05, 3.63) is 95.1 Å². The fourth-order valence-electron chi connectivity index (χ4n) is 5.92. The monoisotopic (exact) mass is 614 g/mol. The molecular weight excluding hydrogens is 568 g/mol. The molecule has 5 N–H and O–H groups in total. The van der Waals surface area contributed by atoms with E-state index in [9.17, 15) is 19.5 Å². The number of aryl methyl sites for hydroxylation is 2. The van der Waals surface area contributed by atoms with E-state index in [0.717, 1.165) is 29.5 Å². The number of benzene rings is 3. The van der Waals surface area contributed by atoms with E-state index in [1.165, 1.54) is 19.4 Å². The number of aliphatic hydroxyl groups is 1. The van der Waals surface area contributed by atoms with Gasteiger partial charge in [0, 0.05) is 30.6 Å². The van der Waals surface area contributed by atoms with Gasteiger partial charge in [-0.1, -0.05) is 66.7 Å². The zero-order chi connectivity index (χ0) is 32.6. The third-order valence-corrected chi connectivity index (χ3v) is 8.40. The Morgan fingerprint density at radius 2 is 1.71 bits per heavy atom. The number of carbonyl (C=O) groups is 3. The fourth-order valence-corrected chi connectivity index (χ4v) is 5.92. The Labute approximate surface area is 266 Å². The van der Waals surface area contributed by atoms with Gasteiger partial charge in [0.05, 0.1) is 11.3 Å². The van der Waals surface area contributed by atoms with Gasteiger partial charge in [-0.2, -0.15) is 0 Å². The second-order valence-electron chi connectivity index (χ2n) is 12.4. The van der Waals surface area contributed by atoms with E-state index in [4.69, 9.17) is 10.5 Å². The summed E-state index contributed by atoms with van der Waals surface area (Å²) in [7, 11) is 0. The van der Waals surface area contributed by atoms with Crippen LogP contribution in [0.4, 0.5) is 10.5 Å². The van der Waals surface area contributed by atoms with Crippen LogP contribution in [0.15, 0.2) is 72.8 Å². The highest BCUT2D eigenvalue weighted by molar-refractivity contribution is 5.95. The fraction of sp³-hybridized carbons (Fsp3) is 0.417. The molecule has 1 fully saturated rings. The molecule has 0 aliphatic carbocycles. The minimum atomic E-state index is -1.53. The van der Waals surface area contributed by atoms with Gasteiger partial charge in [0.2, 0.25) is 0 Å². The number of ketones is 1. The molecule has 1 aliphatic rings. The Morgan fingerprint density at radius 1 is 1.04 bits per heavy atom. The number of hydrogen-bond donors (Lipinski definition) is 4. The Balaban J connectivity index is 1.48. The predicted molar refractivity (Wildman–Crippen MR) is 176 cm³/mol. The van der Waals surface area contributed by atoms with Crippen LogP contribution in [0, 0.1) is 19.8 Å². The number of urea groups is 1. The van der Waals surface area contributed by atoms with Crippen LogP contribution in [0.2, 0.25) is 0 Å². The minimum absolute atomic E-state index is 0.178. The molecule has 1 heterocycles. The van der Waals surface area contributed by atoms with Crippen molar-refractivity contribution in [3.63, 3.8) is 0 Å². The molecule has 0 spiro atoms. The minimum Gasteiger partial charge on any atom is -0.483 e. The molecule has 0 radical (unpaired) electrons. The number of ether oxygens (including phenoxy) is 1. The molecule has 1 unspecified atom stereocenters. The molecule has 3 aromatic rings. The molecular formula is C36H46N4O5. The van der Waals surface area contributed by atoms with Crippen molar-refractivity contribution < 1.29 is 24.2 Å². The van der Waals surface area contributed by atoms with E-state index in [1.54, 1.807) is 4.90 Å². The van der Waals surface area contributed by atoms with Crippen molar-refractivity contribution in [1.82, 2.24) is 10.6 Å². The second kappa shape index (κ2) is 15.2. The molecule has 1 saturated heterocycles. The zero-order valence-electron chi connectivity index (χ0n) is 26.7. The zero-order valence-corrected chi connectivity index (χ0v) is 26.7. The topological polar surface area (TPSA) is 134 Å². The molecule has 4 rings (SSSR count). The summed E-state index contributed by atoms with van der Waals surface area (Å²) in [5, 5.41) is 16.7. The van der Waals surface area contributed by atoms with Crippen molar-refractivity contribution in [2.45, 2.75) is 71.1 Å². The van der Waals surface area contributed by atoms with Crippen LogP contribution in [0.3, 0.4) is 0 Å². The normalized spacial score (nSPS) is 15.2. The van der Waals surface area contributed by atoms with Gasteiger partial charge >= 0.3 is 6.03 Å². The van der Waals surface area contributed by atoms with Crippen LogP contribution in [0.25, 0.3) is 0 Å². The first kappa shape index (κ1) is 33.7. The van der Waals surface area contributed by atoms with Crippen LogP contribution in [-0.2, 0) is 16.0 Å². The molecule has 9 heteroatoms. The molecule has 3 amide bonds. The number of nitrogens with one attached hydrogen (secondary N) is 2. The standard InChI is InChI=1S/C36H46N4O5/c1-24-18-19-30(40-21-20-38-35(40)43)25(2)33(24)45-23-31(41)39-34(36(3,4)44)32(42)28(17-11-14-26-12-7-5-8-13-26)22-29(37)27-15-9-6-10-16-27/h5-10,12-13,15-16,18-19,28-29,34,44H,11,14,17,20-23,37H2,1-4H3,(H,38,43)(H,39,41)/t28-,29?,34+/m0/s1. The van der Waals surface area contributed by atoms with Gasteiger partial charge in [-0.3, -0.25) is 14.5 Å². The summed E-state index contributed by atoms with van der Waals surface area (Å²) in [6, 6.07) is 21.7. The SMILES string of the molecule is Cc1ccc(N2CCNC2=O)c(C)c1OCC(=O)N[C@H](C(=O)[C@@H](CCCc1ccccc1)CC(N)c1ccccc1)C(C)(C)O. The molecule has 3 atom stereocenters. The molecule has 3 aromatic carbocycles. The quantitative estimate of drug-likeness (QED) is 0.195. The van der Waals surface area contributed by atoms with Gasteiger partial charge in [0.15, 0.2) is 12.4 Å². The van der Waals surface area contributed by atoms with E-state index in [-0.39, 0.29) is 24.5 Å². The third-order valence-electron chi connectivity index (χ3n) is 8.40. The van der Waals surface area contributed by atoms with Gasteiger partial charge in [-0.15, -0.1) is 0 Å². The van der Waals surface area contributed by atoms with Gasteiger partial charge in [0.25, 0.3) is 5.91 Å². The van der Waals surface area contributed by atoms with Crippen molar-refractivity contribution >= 4 is 23.4 Å². The van der Waals surface area contributed by atoms with Gasteiger partial charge in [0.1, 0.15) is 11.8 Å². The highest BCUT2D eigenvalue weighted by Crippen LogP contribution is 2.33. The summed E-state index contributed by atoms with van der Waals surface area (Å²) in [5.74, 6) is -0.783. The first-order valence-corrected chi connectivity index (χ1v) is 15.6. The van der Waals surface area contributed by atoms with Crippen molar-refractivity contribution in [1.29, 1.82) is 0 Å². The average Bonchev–Trinajstić information content (AvgIpc) is 3.44. The third kappa shape index (κ3) is 8.93. The summed E-state index contributed by atoms with van der Waals surface area (Å²) in [5.41, 5.74) is 9.42. The lowest BCUT2D eigenvalue weighted by Crippen LogP contribution is -2.56. The van der Waals surface area contributed by atoms with Gasteiger partial charge < -0.3 is 26.2 Å². The predicted octanol–water partition coefficient (Wildman–Crippen LogP) is 4.77. The first-order chi connectivity index (χ1) is 21.5. The van der Waals surface area contributed by atoms with E-state index in [1.807, 2.05) is 74.5 Å². The smallest absolute Gasteiger partial charge is 0.322 e. The molecule has 0 saturated carbocycles. The number of carbonyl (C=O) groups excluding carboxylic acids is 3. The van der Waals surface area contributed by atoms with Crippen LogP contribution in [0.1, 0.15) is 61.4 Å². The maximum atomic E-state index is 14.1. The van der Waals surface area contributed by atoms with E-state index >= 15 is 0 Å². The summed E-state index contributed by atoms with van der Waals surface area (Å²) in [4.78, 5) is 41.3. The van der Waals surface area contributed by atoms with Gasteiger partial charge in [-0.05, 0) is 76.1 Å². The van der Waals surface area contributed by atoms with E-state index in [2.05, 4.69) is 22.8 Å². The summed E-state index contributed by atoms with van der Waals surface area (Å²) < 4.78 is 5.97. The maximum absolute atomic E-state index is 14.1. The summed E-state index contributed by atoms with van der Waals surface area (Å²) in [6.07, 6.45) is 2.49. The van der Waals surface area contributed by atoms with Crippen LogP contribution in [-0.4, -0.2) is 54.2 Å². The van der Waals surface area contributed by atoms with Gasteiger partial charge in [-0.25, -0.2) is 4.79 Å². The molecule has 0 aromatic heterocycles. The first-order valence-electron chi connectivity index (χ1n) is 15.6.